The first-order valence-electron chi connectivity index (χ1n) is 9.78. The average Bonchev–Trinajstić information content (AvgIpc) is 3.25. The number of carbonyl (C=O) groups is 1. The molecule has 1 amide bonds. The summed E-state index contributed by atoms with van der Waals surface area (Å²) < 4.78 is 11.1. The molecule has 0 atom stereocenters. The molecule has 1 saturated heterocycles. The molecule has 150 valence electrons. The van der Waals surface area contributed by atoms with Crippen molar-refractivity contribution in [3.8, 4) is 22.9 Å². The lowest BCUT2D eigenvalue weighted by Gasteiger charge is -2.26. The summed E-state index contributed by atoms with van der Waals surface area (Å²) in [7, 11) is 0. The third-order valence-electron chi connectivity index (χ3n) is 4.90. The summed E-state index contributed by atoms with van der Waals surface area (Å²) in [5.74, 6) is 0.824. The summed E-state index contributed by atoms with van der Waals surface area (Å²) in [5, 5.41) is 11.2. The van der Waals surface area contributed by atoms with Crippen molar-refractivity contribution in [1.29, 1.82) is 0 Å². The lowest BCUT2D eigenvalue weighted by molar-refractivity contribution is 0.0383. The van der Waals surface area contributed by atoms with Crippen LogP contribution in [0.5, 0.6) is 0 Å². The van der Waals surface area contributed by atoms with E-state index in [2.05, 4.69) is 20.4 Å². The summed E-state index contributed by atoms with van der Waals surface area (Å²) in [5.41, 5.74) is 3.40. The van der Waals surface area contributed by atoms with Gasteiger partial charge in [0.2, 0.25) is 11.8 Å². The summed E-state index contributed by atoms with van der Waals surface area (Å²) in [6, 6.07) is 15.1. The number of hydrogen-bond donors (Lipinski definition) is 1. The number of amides is 1. The van der Waals surface area contributed by atoms with Gasteiger partial charge in [-0.05, 0) is 43.3 Å². The van der Waals surface area contributed by atoms with Crippen molar-refractivity contribution in [3.05, 3.63) is 59.7 Å². The lowest BCUT2D eigenvalue weighted by Crippen LogP contribution is -2.41. The van der Waals surface area contributed by atoms with Crippen molar-refractivity contribution in [2.45, 2.75) is 6.92 Å². The van der Waals surface area contributed by atoms with Gasteiger partial charge in [-0.25, -0.2) is 0 Å². The molecule has 3 aromatic rings. The topological polar surface area (TPSA) is 80.5 Å². The number of aryl methyl sites for hydroxylation is 1. The second-order valence-corrected chi connectivity index (χ2v) is 7.07. The van der Waals surface area contributed by atoms with Crippen molar-refractivity contribution >= 4 is 5.91 Å². The number of nitrogens with zero attached hydrogens (tertiary/aromatic N) is 3. The molecule has 2 aromatic carbocycles. The predicted molar refractivity (Wildman–Crippen MR) is 109 cm³/mol. The first-order chi connectivity index (χ1) is 14.2. The van der Waals surface area contributed by atoms with Crippen LogP contribution >= 0.6 is 0 Å². The fraction of sp³-hybridized carbons (Fsp3) is 0.318. The number of carbonyl (C=O) groups excluding carboxylic acids is 1. The van der Waals surface area contributed by atoms with Gasteiger partial charge in [0.25, 0.3) is 5.91 Å². The highest BCUT2D eigenvalue weighted by Crippen LogP contribution is 2.24. The van der Waals surface area contributed by atoms with Gasteiger partial charge in [-0.15, -0.1) is 10.2 Å². The predicted octanol–water partition coefficient (Wildman–Crippen LogP) is 2.77. The molecule has 1 fully saturated rings. The Kier molecular flexibility index (Phi) is 5.97. The number of ether oxygens (including phenoxy) is 1. The van der Waals surface area contributed by atoms with E-state index in [9.17, 15) is 4.79 Å². The van der Waals surface area contributed by atoms with Gasteiger partial charge in [0.05, 0.1) is 13.2 Å². The Morgan fingerprint density at radius 3 is 2.48 bits per heavy atom. The van der Waals surface area contributed by atoms with Crippen LogP contribution in [0.2, 0.25) is 0 Å². The van der Waals surface area contributed by atoms with Crippen LogP contribution in [-0.2, 0) is 4.74 Å². The fourth-order valence-electron chi connectivity index (χ4n) is 3.25. The van der Waals surface area contributed by atoms with Crippen molar-refractivity contribution in [1.82, 2.24) is 20.4 Å². The highest BCUT2D eigenvalue weighted by Gasteiger charge is 2.13. The zero-order chi connectivity index (χ0) is 20.1. The number of hydrogen-bond acceptors (Lipinski definition) is 6. The lowest BCUT2D eigenvalue weighted by atomic mass is 10.1. The Morgan fingerprint density at radius 2 is 1.76 bits per heavy atom. The normalized spacial score (nSPS) is 14.7. The van der Waals surface area contributed by atoms with Crippen LogP contribution in [0.4, 0.5) is 0 Å². The molecule has 0 unspecified atom stereocenters. The summed E-state index contributed by atoms with van der Waals surface area (Å²) in [4.78, 5) is 14.6. The van der Waals surface area contributed by atoms with E-state index in [4.69, 9.17) is 9.15 Å². The molecule has 29 heavy (non-hydrogen) atoms. The molecule has 1 aromatic heterocycles. The van der Waals surface area contributed by atoms with E-state index in [-0.39, 0.29) is 5.91 Å². The maximum absolute atomic E-state index is 12.3. The van der Waals surface area contributed by atoms with E-state index in [1.807, 2.05) is 43.3 Å². The van der Waals surface area contributed by atoms with E-state index in [0.29, 0.717) is 23.9 Å². The maximum atomic E-state index is 12.3. The van der Waals surface area contributed by atoms with E-state index >= 15 is 0 Å². The zero-order valence-corrected chi connectivity index (χ0v) is 16.4. The third-order valence-corrected chi connectivity index (χ3v) is 4.90. The van der Waals surface area contributed by atoms with Crippen molar-refractivity contribution in [2.24, 2.45) is 0 Å². The molecule has 0 aliphatic carbocycles. The van der Waals surface area contributed by atoms with Gasteiger partial charge >= 0.3 is 0 Å². The van der Waals surface area contributed by atoms with Crippen molar-refractivity contribution in [3.63, 3.8) is 0 Å². The highest BCUT2D eigenvalue weighted by molar-refractivity contribution is 5.94. The zero-order valence-electron chi connectivity index (χ0n) is 16.4. The summed E-state index contributed by atoms with van der Waals surface area (Å²) in [6.45, 7) is 6.82. The van der Waals surface area contributed by atoms with Crippen LogP contribution in [0.25, 0.3) is 22.9 Å². The minimum atomic E-state index is -0.0872. The van der Waals surface area contributed by atoms with Gasteiger partial charge in [-0.3, -0.25) is 9.69 Å². The van der Waals surface area contributed by atoms with Crippen LogP contribution in [0.3, 0.4) is 0 Å². The van der Waals surface area contributed by atoms with Gasteiger partial charge in [0, 0.05) is 42.9 Å². The Balaban J connectivity index is 1.35. The molecule has 1 aliphatic heterocycles. The van der Waals surface area contributed by atoms with E-state index in [0.717, 1.165) is 49.5 Å². The fourth-order valence-corrected chi connectivity index (χ4v) is 3.25. The Hall–Kier alpha value is -3.03. The van der Waals surface area contributed by atoms with Crippen LogP contribution in [-0.4, -0.2) is 60.4 Å². The van der Waals surface area contributed by atoms with E-state index < -0.39 is 0 Å². The Morgan fingerprint density at radius 1 is 1.03 bits per heavy atom. The van der Waals surface area contributed by atoms with Crippen LogP contribution in [0.1, 0.15) is 15.9 Å². The molecule has 1 N–H and O–H groups in total. The van der Waals surface area contributed by atoms with Gasteiger partial charge in [0.1, 0.15) is 0 Å². The number of rotatable bonds is 6. The minimum absolute atomic E-state index is 0.0872. The smallest absolute Gasteiger partial charge is 0.251 e. The van der Waals surface area contributed by atoms with Gasteiger partial charge < -0.3 is 14.5 Å². The van der Waals surface area contributed by atoms with Crippen LogP contribution in [0, 0.1) is 6.92 Å². The molecule has 0 spiro atoms. The summed E-state index contributed by atoms with van der Waals surface area (Å²) >= 11 is 0. The van der Waals surface area contributed by atoms with Crippen LogP contribution < -0.4 is 5.32 Å². The van der Waals surface area contributed by atoms with Gasteiger partial charge in [-0.1, -0.05) is 17.7 Å². The standard InChI is InChI=1S/C22H24N4O3/c1-16-3-2-4-19(15-16)22-25-24-21(29-22)18-7-5-17(6-8-18)20(27)23-9-10-26-11-13-28-14-12-26/h2-8,15H,9-14H2,1H3,(H,23,27). The van der Waals surface area contributed by atoms with E-state index in [1.54, 1.807) is 12.1 Å². The van der Waals surface area contributed by atoms with Gasteiger partial charge in [0.15, 0.2) is 0 Å². The number of aromatic nitrogens is 2. The molecule has 7 heteroatoms. The Labute approximate surface area is 169 Å². The second kappa shape index (κ2) is 8.98. The maximum Gasteiger partial charge on any atom is 0.251 e. The number of benzene rings is 2. The van der Waals surface area contributed by atoms with E-state index in [1.165, 1.54) is 0 Å². The van der Waals surface area contributed by atoms with Crippen molar-refractivity contribution in [2.75, 3.05) is 39.4 Å². The van der Waals surface area contributed by atoms with Gasteiger partial charge in [-0.2, -0.15) is 0 Å². The first kappa shape index (κ1) is 19.3. The Bertz CT molecular complexity index is 962. The molecule has 0 bridgehead atoms. The molecular weight excluding hydrogens is 368 g/mol. The van der Waals surface area contributed by atoms with Crippen LogP contribution in [0.15, 0.2) is 52.9 Å². The molecular formula is C22H24N4O3. The first-order valence-corrected chi connectivity index (χ1v) is 9.78. The third kappa shape index (κ3) is 4.88. The summed E-state index contributed by atoms with van der Waals surface area (Å²) in [6.07, 6.45) is 0. The molecule has 0 saturated carbocycles. The second-order valence-electron chi connectivity index (χ2n) is 7.07. The number of nitrogens with one attached hydrogen (secondary N) is 1. The molecule has 7 nitrogen and oxygen atoms in total. The molecule has 4 rings (SSSR count). The quantitative estimate of drug-likeness (QED) is 0.695. The SMILES string of the molecule is Cc1cccc(-c2nnc(-c3ccc(C(=O)NCCN4CCOCC4)cc3)o2)c1. The molecule has 0 radical (unpaired) electrons. The highest BCUT2D eigenvalue weighted by atomic mass is 16.5. The molecule has 1 aliphatic rings. The molecule has 2 heterocycles. The average molecular weight is 392 g/mol. The number of morpholine rings is 1. The van der Waals surface area contributed by atoms with Crippen molar-refractivity contribution < 1.29 is 13.9 Å². The minimum Gasteiger partial charge on any atom is -0.416 e. The largest absolute Gasteiger partial charge is 0.416 e. The monoisotopic (exact) mass is 392 g/mol.